The van der Waals surface area contributed by atoms with E-state index in [2.05, 4.69) is 16.8 Å². The summed E-state index contributed by atoms with van der Waals surface area (Å²) in [6, 6.07) is 3.72. The third-order valence-electron chi connectivity index (χ3n) is 6.12. The van der Waals surface area contributed by atoms with Crippen LogP contribution in [-0.2, 0) is 14.3 Å². The minimum absolute atomic E-state index is 0.0627. The second kappa shape index (κ2) is 9.33. The molecule has 0 aliphatic carbocycles. The van der Waals surface area contributed by atoms with E-state index in [4.69, 9.17) is 16.3 Å². The number of nitrogens with zero attached hydrogens (tertiary/aromatic N) is 3. The van der Waals surface area contributed by atoms with Gasteiger partial charge in [0.25, 0.3) is 0 Å². The Labute approximate surface area is 172 Å². The van der Waals surface area contributed by atoms with Gasteiger partial charge in [0, 0.05) is 38.3 Å². The SMILES string of the molecule is CC[C@@H](CN1CCOCC1)N1C(=O)[C@@](C)(CC=O)CCC1c1ccc(Cl)cn1. The topological polar surface area (TPSA) is 62.7 Å². The van der Waals surface area contributed by atoms with E-state index in [9.17, 15) is 9.59 Å². The van der Waals surface area contributed by atoms with E-state index in [0.29, 0.717) is 11.4 Å². The first-order valence-electron chi connectivity index (χ1n) is 10.2. The largest absolute Gasteiger partial charge is 0.379 e. The lowest BCUT2D eigenvalue weighted by Gasteiger charge is -2.48. The molecule has 2 saturated heterocycles. The van der Waals surface area contributed by atoms with Crippen molar-refractivity contribution in [2.24, 2.45) is 5.41 Å². The molecule has 0 N–H and O–H groups in total. The lowest BCUT2D eigenvalue weighted by Crippen LogP contribution is -2.56. The summed E-state index contributed by atoms with van der Waals surface area (Å²) in [5.74, 6) is 0.0627. The standard InChI is InChI=1S/C21H30ClN3O3/c1-3-17(15-24-9-12-28-13-10-24)25-19(18-5-4-16(22)14-23-18)6-7-21(2,8-11-26)20(25)27/h4-5,11,14,17,19H,3,6-10,12-13,15H2,1-2H3/t17-,19?,21+/m0/s1. The Balaban J connectivity index is 1.90. The molecule has 7 heteroatoms. The van der Waals surface area contributed by atoms with Gasteiger partial charge in [-0.15, -0.1) is 0 Å². The fourth-order valence-corrected chi connectivity index (χ4v) is 4.43. The number of pyridine rings is 1. The zero-order valence-electron chi connectivity index (χ0n) is 16.8. The Bertz CT molecular complexity index is 678. The second-order valence-electron chi connectivity index (χ2n) is 8.07. The fourth-order valence-electron chi connectivity index (χ4n) is 4.32. The first-order chi connectivity index (χ1) is 13.5. The van der Waals surface area contributed by atoms with Gasteiger partial charge >= 0.3 is 0 Å². The fraction of sp³-hybridized carbons (Fsp3) is 0.667. The molecule has 1 unspecified atom stereocenters. The van der Waals surface area contributed by atoms with Crippen LogP contribution in [0.2, 0.25) is 5.02 Å². The number of amides is 1. The van der Waals surface area contributed by atoms with Gasteiger partial charge in [-0.3, -0.25) is 14.7 Å². The average molecular weight is 408 g/mol. The monoisotopic (exact) mass is 407 g/mol. The molecule has 0 radical (unpaired) electrons. The third-order valence-corrected chi connectivity index (χ3v) is 6.34. The van der Waals surface area contributed by atoms with Crippen molar-refractivity contribution in [3.05, 3.63) is 29.0 Å². The van der Waals surface area contributed by atoms with Crippen molar-refractivity contribution in [3.8, 4) is 0 Å². The molecule has 0 aromatic carbocycles. The van der Waals surface area contributed by atoms with Crippen LogP contribution in [0.1, 0.15) is 51.3 Å². The Morgan fingerprint density at radius 1 is 1.39 bits per heavy atom. The smallest absolute Gasteiger partial charge is 0.229 e. The first-order valence-corrected chi connectivity index (χ1v) is 10.5. The summed E-state index contributed by atoms with van der Waals surface area (Å²) >= 11 is 6.02. The molecule has 28 heavy (non-hydrogen) atoms. The molecule has 1 aromatic heterocycles. The number of hydrogen-bond acceptors (Lipinski definition) is 5. The third kappa shape index (κ3) is 4.56. The zero-order chi connectivity index (χ0) is 20.1. The second-order valence-corrected chi connectivity index (χ2v) is 8.51. The van der Waals surface area contributed by atoms with Crippen LogP contribution in [0.4, 0.5) is 0 Å². The number of halogens is 1. The Kier molecular flexibility index (Phi) is 7.07. The minimum Gasteiger partial charge on any atom is -0.379 e. The van der Waals surface area contributed by atoms with Crippen LogP contribution in [0.5, 0.6) is 0 Å². The number of rotatable bonds is 7. The quantitative estimate of drug-likeness (QED) is 0.650. The molecule has 0 spiro atoms. The van der Waals surface area contributed by atoms with Crippen LogP contribution in [0.15, 0.2) is 18.3 Å². The molecule has 154 valence electrons. The van der Waals surface area contributed by atoms with Crippen LogP contribution in [-0.4, -0.2) is 65.9 Å². The van der Waals surface area contributed by atoms with Crippen molar-refractivity contribution in [1.82, 2.24) is 14.8 Å². The summed E-state index contributed by atoms with van der Waals surface area (Å²) in [4.78, 5) is 33.7. The number of hydrogen-bond donors (Lipinski definition) is 0. The van der Waals surface area contributed by atoms with Crippen LogP contribution in [0.3, 0.4) is 0 Å². The highest BCUT2D eigenvalue weighted by atomic mass is 35.5. The number of likely N-dealkylation sites (tertiary alicyclic amines) is 1. The predicted octanol–water partition coefficient (Wildman–Crippen LogP) is 3.10. The van der Waals surface area contributed by atoms with Gasteiger partial charge in [0.05, 0.1) is 35.4 Å². The van der Waals surface area contributed by atoms with Gasteiger partial charge in [0.2, 0.25) is 5.91 Å². The highest BCUT2D eigenvalue weighted by molar-refractivity contribution is 6.30. The summed E-state index contributed by atoms with van der Waals surface area (Å²) in [6.45, 7) is 8.08. The van der Waals surface area contributed by atoms with Crippen molar-refractivity contribution in [3.63, 3.8) is 0 Å². The van der Waals surface area contributed by atoms with E-state index < -0.39 is 5.41 Å². The summed E-state index contributed by atoms with van der Waals surface area (Å²) in [6.07, 6.45) is 5.11. The van der Waals surface area contributed by atoms with Crippen molar-refractivity contribution in [2.45, 2.75) is 51.6 Å². The molecule has 1 amide bonds. The molecule has 3 heterocycles. The van der Waals surface area contributed by atoms with Gasteiger partial charge in [-0.1, -0.05) is 25.4 Å². The average Bonchev–Trinajstić information content (AvgIpc) is 2.70. The lowest BCUT2D eigenvalue weighted by atomic mass is 9.75. The maximum atomic E-state index is 13.6. The van der Waals surface area contributed by atoms with Crippen molar-refractivity contribution >= 4 is 23.8 Å². The highest BCUT2D eigenvalue weighted by Gasteiger charge is 2.46. The summed E-state index contributed by atoms with van der Waals surface area (Å²) in [7, 11) is 0. The molecule has 1 aromatic rings. The van der Waals surface area contributed by atoms with Crippen molar-refractivity contribution < 1.29 is 14.3 Å². The summed E-state index contributed by atoms with van der Waals surface area (Å²) < 4.78 is 5.46. The van der Waals surface area contributed by atoms with E-state index in [1.54, 1.807) is 6.20 Å². The van der Waals surface area contributed by atoms with E-state index >= 15 is 0 Å². The van der Waals surface area contributed by atoms with E-state index in [1.165, 1.54) is 0 Å². The molecule has 2 aliphatic heterocycles. The number of carbonyl (C=O) groups is 2. The number of morpholine rings is 1. The van der Waals surface area contributed by atoms with Gasteiger partial charge in [0.15, 0.2) is 0 Å². The van der Waals surface area contributed by atoms with Crippen molar-refractivity contribution in [1.29, 1.82) is 0 Å². The first kappa shape index (κ1) is 21.2. The molecule has 3 atom stereocenters. The molecule has 3 rings (SSSR count). The maximum absolute atomic E-state index is 13.6. The molecule has 0 bridgehead atoms. The highest BCUT2D eigenvalue weighted by Crippen LogP contribution is 2.43. The van der Waals surface area contributed by atoms with Gasteiger partial charge in [-0.25, -0.2) is 0 Å². The number of aldehydes is 1. The van der Waals surface area contributed by atoms with Gasteiger partial charge in [-0.2, -0.15) is 0 Å². The molecule has 2 aliphatic rings. The molecular weight excluding hydrogens is 378 g/mol. The zero-order valence-corrected chi connectivity index (χ0v) is 17.5. The van der Waals surface area contributed by atoms with Crippen LogP contribution in [0, 0.1) is 5.41 Å². The Hall–Kier alpha value is -1.50. The molecule has 0 saturated carbocycles. The Morgan fingerprint density at radius 2 is 2.14 bits per heavy atom. The van der Waals surface area contributed by atoms with Gasteiger partial charge in [-0.05, 0) is 31.4 Å². The number of ether oxygens (including phenoxy) is 1. The van der Waals surface area contributed by atoms with E-state index in [1.807, 2.05) is 24.0 Å². The maximum Gasteiger partial charge on any atom is 0.229 e. The summed E-state index contributed by atoms with van der Waals surface area (Å²) in [5, 5.41) is 0.587. The number of carbonyl (C=O) groups excluding carboxylic acids is 2. The molecule has 6 nitrogen and oxygen atoms in total. The van der Waals surface area contributed by atoms with Gasteiger partial charge < -0.3 is 14.4 Å². The molecule has 2 fully saturated rings. The molecular formula is C21H30ClN3O3. The summed E-state index contributed by atoms with van der Waals surface area (Å²) in [5.41, 5.74) is 0.231. The normalized spacial score (nSPS) is 27.6. The van der Waals surface area contributed by atoms with Gasteiger partial charge in [0.1, 0.15) is 6.29 Å². The van der Waals surface area contributed by atoms with E-state index in [-0.39, 0.29) is 24.4 Å². The lowest BCUT2D eigenvalue weighted by molar-refractivity contribution is -0.155. The predicted molar refractivity (Wildman–Crippen MR) is 108 cm³/mol. The minimum atomic E-state index is -0.636. The van der Waals surface area contributed by atoms with Crippen molar-refractivity contribution in [2.75, 3.05) is 32.8 Å². The van der Waals surface area contributed by atoms with Crippen LogP contribution >= 0.6 is 11.6 Å². The van der Waals surface area contributed by atoms with Crippen LogP contribution < -0.4 is 0 Å². The van der Waals surface area contributed by atoms with Crippen LogP contribution in [0.25, 0.3) is 0 Å². The number of aromatic nitrogens is 1. The number of piperidine rings is 1. The van der Waals surface area contributed by atoms with E-state index in [0.717, 1.165) is 57.7 Å². The Morgan fingerprint density at radius 3 is 2.75 bits per heavy atom.